The normalized spacial score (nSPS) is 21.6. The van der Waals surface area contributed by atoms with Crippen LogP contribution in [-0.4, -0.2) is 41.3 Å². The number of nitrogens with zero attached hydrogens (tertiary/aromatic N) is 1. The van der Waals surface area contributed by atoms with Crippen molar-refractivity contribution in [2.45, 2.75) is 26.2 Å². The summed E-state index contributed by atoms with van der Waals surface area (Å²) in [5, 5.41) is 0. The van der Waals surface area contributed by atoms with E-state index in [9.17, 15) is 9.59 Å². The van der Waals surface area contributed by atoms with Crippen molar-refractivity contribution >= 4 is 23.6 Å². The fourth-order valence-corrected chi connectivity index (χ4v) is 2.50. The van der Waals surface area contributed by atoms with Crippen LogP contribution >= 0.6 is 11.8 Å². The number of carbonyl (C=O) groups is 2. The lowest BCUT2D eigenvalue weighted by atomic mass is 10.0. The van der Waals surface area contributed by atoms with Crippen molar-refractivity contribution in [1.29, 1.82) is 0 Å². The smallest absolute Gasteiger partial charge is 0.232 e. The van der Waals surface area contributed by atoms with E-state index in [4.69, 9.17) is 5.73 Å². The number of amides is 2. The predicted molar refractivity (Wildman–Crippen MR) is 66.1 cm³/mol. The number of hydrogen-bond acceptors (Lipinski definition) is 3. The van der Waals surface area contributed by atoms with Crippen LogP contribution < -0.4 is 5.73 Å². The molecule has 2 amide bonds. The summed E-state index contributed by atoms with van der Waals surface area (Å²) in [7, 11) is 0. The van der Waals surface area contributed by atoms with Gasteiger partial charge in [-0.25, -0.2) is 0 Å². The number of carbonyl (C=O) groups excluding carboxylic acids is 2. The molecule has 0 radical (unpaired) electrons. The number of rotatable bonds is 4. The fraction of sp³-hybridized carbons (Fsp3) is 0.818. The highest BCUT2D eigenvalue weighted by molar-refractivity contribution is 8.00. The molecule has 4 nitrogen and oxygen atoms in total. The van der Waals surface area contributed by atoms with Crippen LogP contribution in [0.1, 0.15) is 26.2 Å². The van der Waals surface area contributed by atoms with Gasteiger partial charge in [0.25, 0.3) is 0 Å². The highest BCUT2D eigenvalue weighted by Crippen LogP contribution is 2.17. The Morgan fingerprint density at radius 3 is 2.75 bits per heavy atom. The Labute approximate surface area is 101 Å². The first-order chi connectivity index (χ1) is 7.59. The summed E-state index contributed by atoms with van der Waals surface area (Å²) in [6.07, 6.45) is 3.39. The van der Waals surface area contributed by atoms with E-state index in [-0.39, 0.29) is 17.6 Å². The van der Waals surface area contributed by atoms with Gasteiger partial charge in [0, 0.05) is 13.1 Å². The first-order valence-electron chi connectivity index (χ1n) is 5.73. The van der Waals surface area contributed by atoms with Crippen LogP contribution in [-0.2, 0) is 9.59 Å². The van der Waals surface area contributed by atoms with Crippen molar-refractivity contribution in [1.82, 2.24) is 4.90 Å². The standard InChI is InChI=1S/C11H20N2O2S/c1-9-3-2-5-13(6-4-9)11(15)8-16-7-10(12)14/h9H,2-8H2,1H3,(H2,12,14)/t9-/m0/s1. The second kappa shape index (κ2) is 6.78. The van der Waals surface area contributed by atoms with Gasteiger partial charge in [0.2, 0.25) is 11.8 Å². The van der Waals surface area contributed by atoms with Crippen molar-refractivity contribution in [3.05, 3.63) is 0 Å². The van der Waals surface area contributed by atoms with E-state index in [0.29, 0.717) is 5.75 Å². The van der Waals surface area contributed by atoms with E-state index in [1.807, 2.05) is 4.90 Å². The molecule has 1 rings (SSSR count). The minimum Gasteiger partial charge on any atom is -0.369 e. The second-order valence-corrected chi connectivity index (χ2v) is 5.36. The zero-order valence-corrected chi connectivity index (χ0v) is 10.6. The molecule has 16 heavy (non-hydrogen) atoms. The minimum absolute atomic E-state index is 0.139. The highest BCUT2D eigenvalue weighted by Gasteiger charge is 2.18. The predicted octanol–water partition coefficient (Wildman–Crippen LogP) is 0.854. The third-order valence-electron chi connectivity index (χ3n) is 2.84. The lowest BCUT2D eigenvalue weighted by molar-refractivity contribution is -0.128. The summed E-state index contributed by atoms with van der Waals surface area (Å²) in [5.41, 5.74) is 5.02. The van der Waals surface area contributed by atoms with Crippen molar-refractivity contribution in [3.8, 4) is 0 Å². The summed E-state index contributed by atoms with van der Waals surface area (Å²) in [5.74, 6) is 1.10. The Kier molecular flexibility index (Phi) is 5.66. The lowest BCUT2D eigenvalue weighted by Gasteiger charge is -2.20. The molecular formula is C11H20N2O2S. The van der Waals surface area contributed by atoms with E-state index in [0.717, 1.165) is 31.8 Å². The SMILES string of the molecule is C[C@H]1CCCN(C(=O)CSCC(N)=O)CC1. The quantitative estimate of drug-likeness (QED) is 0.797. The topological polar surface area (TPSA) is 63.4 Å². The monoisotopic (exact) mass is 244 g/mol. The molecule has 92 valence electrons. The second-order valence-electron chi connectivity index (χ2n) is 4.38. The van der Waals surface area contributed by atoms with Gasteiger partial charge < -0.3 is 10.6 Å². The molecule has 1 fully saturated rings. The Bertz CT molecular complexity index is 258. The summed E-state index contributed by atoms with van der Waals surface area (Å²) in [6.45, 7) is 3.95. The van der Waals surface area contributed by atoms with Crippen LogP contribution in [0.2, 0.25) is 0 Å². The van der Waals surface area contributed by atoms with Gasteiger partial charge in [0.05, 0.1) is 11.5 Å². The van der Waals surface area contributed by atoms with Crippen molar-refractivity contribution in [2.75, 3.05) is 24.6 Å². The summed E-state index contributed by atoms with van der Waals surface area (Å²) in [4.78, 5) is 24.2. The van der Waals surface area contributed by atoms with Gasteiger partial charge in [-0.2, -0.15) is 0 Å². The summed E-state index contributed by atoms with van der Waals surface area (Å²) in [6, 6.07) is 0. The zero-order chi connectivity index (χ0) is 12.0. The third kappa shape index (κ3) is 4.88. The summed E-state index contributed by atoms with van der Waals surface area (Å²) >= 11 is 1.30. The summed E-state index contributed by atoms with van der Waals surface area (Å²) < 4.78 is 0. The first-order valence-corrected chi connectivity index (χ1v) is 6.89. The van der Waals surface area contributed by atoms with Crippen LogP contribution in [0.15, 0.2) is 0 Å². The lowest BCUT2D eigenvalue weighted by Crippen LogP contribution is -2.33. The van der Waals surface area contributed by atoms with Gasteiger partial charge in [-0.15, -0.1) is 11.8 Å². The molecule has 0 saturated carbocycles. The Morgan fingerprint density at radius 2 is 2.06 bits per heavy atom. The molecule has 1 heterocycles. The maximum atomic E-state index is 11.8. The van der Waals surface area contributed by atoms with E-state index in [1.54, 1.807) is 0 Å². The molecule has 0 bridgehead atoms. The zero-order valence-electron chi connectivity index (χ0n) is 9.78. The van der Waals surface area contributed by atoms with Gasteiger partial charge in [-0.05, 0) is 25.2 Å². The van der Waals surface area contributed by atoms with Crippen LogP contribution in [0.25, 0.3) is 0 Å². The molecular weight excluding hydrogens is 224 g/mol. The van der Waals surface area contributed by atoms with Gasteiger partial charge in [-0.3, -0.25) is 9.59 Å². The Balaban J connectivity index is 2.27. The molecule has 0 aromatic heterocycles. The Morgan fingerprint density at radius 1 is 1.31 bits per heavy atom. The molecule has 0 spiro atoms. The third-order valence-corrected chi connectivity index (χ3v) is 3.78. The number of nitrogens with two attached hydrogens (primary N) is 1. The molecule has 1 aliphatic heterocycles. The van der Waals surface area contributed by atoms with Gasteiger partial charge in [0.1, 0.15) is 0 Å². The fourth-order valence-electron chi connectivity index (χ4n) is 1.84. The van der Waals surface area contributed by atoms with E-state index in [1.165, 1.54) is 18.2 Å². The largest absolute Gasteiger partial charge is 0.369 e. The van der Waals surface area contributed by atoms with Gasteiger partial charge in [0.15, 0.2) is 0 Å². The average Bonchev–Trinajstić information content (AvgIpc) is 2.42. The molecule has 0 aromatic carbocycles. The maximum absolute atomic E-state index is 11.8. The molecule has 0 aromatic rings. The molecule has 0 unspecified atom stereocenters. The van der Waals surface area contributed by atoms with Crippen molar-refractivity contribution in [3.63, 3.8) is 0 Å². The number of hydrogen-bond donors (Lipinski definition) is 1. The van der Waals surface area contributed by atoms with Crippen molar-refractivity contribution in [2.24, 2.45) is 11.7 Å². The van der Waals surface area contributed by atoms with Crippen molar-refractivity contribution < 1.29 is 9.59 Å². The Hall–Kier alpha value is -0.710. The molecule has 2 N–H and O–H groups in total. The molecule has 1 atom stereocenters. The van der Waals surface area contributed by atoms with Crippen LogP contribution in [0.3, 0.4) is 0 Å². The number of likely N-dealkylation sites (tertiary alicyclic amines) is 1. The molecule has 1 saturated heterocycles. The maximum Gasteiger partial charge on any atom is 0.232 e. The van der Waals surface area contributed by atoms with Crippen LogP contribution in [0.4, 0.5) is 0 Å². The van der Waals surface area contributed by atoms with E-state index >= 15 is 0 Å². The van der Waals surface area contributed by atoms with Gasteiger partial charge in [-0.1, -0.05) is 6.92 Å². The highest BCUT2D eigenvalue weighted by atomic mass is 32.2. The van der Waals surface area contributed by atoms with E-state index < -0.39 is 0 Å². The number of thioether (sulfide) groups is 1. The molecule has 1 aliphatic rings. The average molecular weight is 244 g/mol. The first kappa shape index (κ1) is 13.4. The van der Waals surface area contributed by atoms with Gasteiger partial charge >= 0.3 is 0 Å². The molecule has 0 aliphatic carbocycles. The number of primary amides is 1. The van der Waals surface area contributed by atoms with E-state index in [2.05, 4.69) is 6.92 Å². The van der Waals surface area contributed by atoms with Crippen LogP contribution in [0, 0.1) is 5.92 Å². The molecule has 5 heteroatoms. The van der Waals surface area contributed by atoms with Crippen LogP contribution in [0.5, 0.6) is 0 Å². The minimum atomic E-state index is -0.359.